The van der Waals surface area contributed by atoms with Crippen LogP contribution < -0.4 is 10.5 Å². The summed E-state index contributed by atoms with van der Waals surface area (Å²) in [7, 11) is -3.73. The van der Waals surface area contributed by atoms with Crippen molar-refractivity contribution < 1.29 is 22.7 Å². The first-order valence-electron chi connectivity index (χ1n) is 9.38. The Labute approximate surface area is 160 Å². The minimum Gasteiger partial charge on any atom is -0.456 e. The molecule has 1 aromatic carbocycles. The van der Waals surface area contributed by atoms with Crippen molar-refractivity contribution in [2.45, 2.75) is 62.8 Å². The monoisotopic (exact) mass is 396 g/mol. The molecule has 8 heteroatoms. The molecule has 7 nitrogen and oxygen atoms in total. The molecule has 0 saturated heterocycles. The minimum absolute atomic E-state index is 0.0136. The van der Waals surface area contributed by atoms with Gasteiger partial charge in [-0.3, -0.25) is 9.59 Å². The maximum atomic E-state index is 11.8. The highest BCUT2D eigenvalue weighted by Gasteiger charge is 2.14. The molecule has 1 aromatic rings. The summed E-state index contributed by atoms with van der Waals surface area (Å²) in [5.41, 5.74) is 0.717. The molecule has 3 N–H and O–H groups in total. The molecule has 1 aliphatic carbocycles. The largest absolute Gasteiger partial charge is 0.456 e. The van der Waals surface area contributed by atoms with Crippen LogP contribution in [-0.4, -0.2) is 26.9 Å². The highest BCUT2D eigenvalue weighted by molar-refractivity contribution is 7.89. The summed E-state index contributed by atoms with van der Waals surface area (Å²) in [6.07, 6.45) is 8.63. The zero-order chi connectivity index (χ0) is 19.7. The molecule has 1 fully saturated rings. The molecular weight excluding hydrogens is 368 g/mol. The van der Waals surface area contributed by atoms with Crippen molar-refractivity contribution in [3.63, 3.8) is 0 Å². The average Bonchev–Trinajstić information content (AvgIpc) is 2.65. The number of hydrogen-bond donors (Lipinski definition) is 2. The van der Waals surface area contributed by atoms with Gasteiger partial charge in [0, 0.05) is 13.0 Å². The van der Waals surface area contributed by atoms with E-state index in [9.17, 15) is 18.0 Å². The van der Waals surface area contributed by atoms with Crippen molar-refractivity contribution in [1.82, 2.24) is 5.32 Å². The number of amides is 1. The zero-order valence-corrected chi connectivity index (χ0v) is 16.3. The minimum atomic E-state index is -3.73. The molecule has 0 radical (unpaired) electrons. The molecule has 0 heterocycles. The first kappa shape index (κ1) is 21.4. The van der Waals surface area contributed by atoms with E-state index in [0.29, 0.717) is 6.42 Å². The average molecular weight is 397 g/mol. The Hall–Kier alpha value is -1.93. The Morgan fingerprint density at radius 3 is 2.41 bits per heavy atom. The molecular formula is C19H28N2O5S. The first-order chi connectivity index (χ1) is 12.8. The van der Waals surface area contributed by atoms with Crippen LogP contribution in [-0.2, 0) is 30.9 Å². The van der Waals surface area contributed by atoms with Crippen LogP contribution in [0.2, 0.25) is 0 Å². The molecule has 0 unspecified atom stereocenters. The van der Waals surface area contributed by atoms with Crippen LogP contribution in [0.15, 0.2) is 29.2 Å². The van der Waals surface area contributed by atoms with Gasteiger partial charge in [0.05, 0.1) is 4.90 Å². The Kier molecular flexibility index (Phi) is 8.24. The van der Waals surface area contributed by atoms with Gasteiger partial charge in [0.15, 0.2) is 6.61 Å². The van der Waals surface area contributed by atoms with Crippen molar-refractivity contribution in [1.29, 1.82) is 0 Å². The zero-order valence-electron chi connectivity index (χ0n) is 15.5. The van der Waals surface area contributed by atoms with Gasteiger partial charge in [-0.2, -0.15) is 0 Å². The summed E-state index contributed by atoms with van der Waals surface area (Å²) in [6, 6.07) is 5.89. The topological polar surface area (TPSA) is 116 Å². The van der Waals surface area contributed by atoms with Crippen LogP contribution in [0.5, 0.6) is 0 Å². The van der Waals surface area contributed by atoms with Gasteiger partial charge < -0.3 is 10.1 Å². The number of nitrogens with two attached hydrogens (primary N) is 1. The van der Waals surface area contributed by atoms with E-state index in [-0.39, 0.29) is 24.0 Å². The van der Waals surface area contributed by atoms with Gasteiger partial charge in [-0.25, -0.2) is 13.6 Å². The molecule has 150 valence electrons. The normalized spacial score (nSPS) is 15.3. The lowest BCUT2D eigenvalue weighted by atomic mass is 9.86. The first-order valence-corrected chi connectivity index (χ1v) is 10.9. The van der Waals surface area contributed by atoms with E-state index >= 15 is 0 Å². The third-order valence-electron chi connectivity index (χ3n) is 4.82. The maximum Gasteiger partial charge on any atom is 0.306 e. The number of sulfonamides is 1. The summed E-state index contributed by atoms with van der Waals surface area (Å²) >= 11 is 0. The van der Waals surface area contributed by atoms with Crippen LogP contribution >= 0.6 is 0 Å². The second-order valence-corrected chi connectivity index (χ2v) is 8.58. The van der Waals surface area contributed by atoms with E-state index in [1.165, 1.54) is 44.2 Å². The summed E-state index contributed by atoms with van der Waals surface area (Å²) in [5.74, 6) is -0.0138. The second kappa shape index (κ2) is 10.4. The lowest BCUT2D eigenvalue weighted by Gasteiger charge is -2.20. The number of esters is 1. The number of benzene rings is 1. The second-order valence-electron chi connectivity index (χ2n) is 7.02. The van der Waals surface area contributed by atoms with Gasteiger partial charge in [0.1, 0.15) is 0 Å². The molecule has 1 amide bonds. The lowest BCUT2D eigenvalue weighted by Crippen LogP contribution is -2.28. The fourth-order valence-corrected chi connectivity index (χ4v) is 3.79. The van der Waals surface area contributed by atoms with Crippen molar-refractivity contribution in [3.05, 3.63) is 29.8 Å². The van der Waals surface area contributed by atoms with Crippen LogP contribution in [0.1, 0.15) is 56.9 Å². The van der Waals surface area contributed by atoms with E-state index in [1.54, 1.807) is 12.1 Å². The molecule has 1 saturated carbocycles. The quantitative estimate of drug-likeness (QED) is 0.621. The number of carbonyl (C=O) groups is 2. The molecule has 1 aliphatic rings. The van der Waals surface area contributed by atoms with Gasteiger partial charge in [-0.15, -0.1) is 0 Å². The standard InChI is InChI=1S/C19H28N2O5S/c20-27(24,25)17-11-9-16(10-12-17)13-21-18(22)14-26-19(23)8-4-7-15-5-2-1-3-6-15/h9-12,15H,1-8,13-14H2,(H,21,22)(H2,20,24,25). The number of nitrogens with one attached hydrogen (secondary N) is 1. The van der Waals surface area contributed by atoms with Gasteiger partial charge in [-0.1, -0.05) is 44.2 Å². The summed E-state index contributed by atoms with van der Waals surface area (Å²) in [5, 5.41) is 7.65. The van der Waals surface area contributed by atoms with Gasteiger partial charge in [-0.05, 0) is 36.5 Å². The van der Waals surface area contributed by atoms with Crippen LogP contribution in [0, 0.1) is 5.92 Å². The van der Waals surface area contributed by atoms with E-state index in [4.69, 9.17) is 9.88 Å². The van der Waals surface area contributed by atoms with Gasteiger partial charge in [0.2, 0.25) is 10.0 Å². The maximum absolute atomic E-state index is 11.8. The summed E-state index contributed by atoms with van der Waals surface area (Å²) in [4.78, 5) is 23.5. The summed E-state index contributed by atoms with van der Waals surface area (Å²) in [6.45, 7) is -0.0967. The Morgan fingerprint density at radius 1 is 1.11 bits per heavy atom. The van der Waals surface area contributed by atoms with Crippen molar-refractivity contribution >= 4 is 21.9 Å². The third kappa shape index (κ3) is 8.09. The number of carbonyl (C=O) groups excluding carboxylic acids is 2. The highest BCUT2D eigenvalue weighted by Crippen LogP contribution is 2.27. The van der Waals surface area contributed by atoms with Crippen molar-refractivity contribution in [3.8, 4) is 0 Å². The predicted octanol–water partition coefficient (Wildman–Crippen LogP) is 2.24. The number of rotatable bonds is 9. The molecule has 0 bridgehead atoms. The van der Waals surface area contributed by atoms with E-state index in [0.717, 1.165) is 24.3 Å². The van der Waals surface area contributed by atoms with E-state index in [2.05, 4.69) is 5.32 Å². The van der Waals surface area contributed by atoms with E-state index < -0.39 is 15.9 Å². The Bertz CT molecular complexity index is 725. The van der Waals surface area contributed by atoms with Crippen LogP contribution in [0.4, 0.5) is 0 Å². The Balaban J connectivity index is 1.60. The van der Waals surface area contributed by atoms with Gasteiger partial charge in [0.25, 0.3) is 5.91 Å². The molecule has 0 spiro atoms. The van der Waals surface area contributed by atoms with E-state index in [1.807, 2.05) is 0 Å². The molecule has 2 rings (SSSR count). The Morgan fingerprint density at radius 2 is 1.78 bits per heavy atom. The smallest absolute Gasteiger partial charge is 0.306 e. The third-order valence-corrected chi connectivity index (χ3v) is 5.75. The number of ether oxygens (including phenoxy) is 1. The van der Waals surface area contributed by atoms with Gasteiger partial charge >= 0.3 is 5.97 Å². The molecule has 0 aliphatic heterocycles. The molecule has 27 heavy (non-hydrogen) atoms. The lowest BCUT2D eigenvalue weighted by molar-refractivity contribution is -0.148. The molecule has 0 aromatic heterocycles. The molecule has 0 atom stereocenters. The van der Waals surface area contributed by atoms with Crippen LogP contribution in [0.25, 0.3) is 0 Å². The SMILES string of the molecule is NS(=O)(=O)c1ccc(CNC(=O)COC(=O)CCCC2CCCCC2)cc1. The van der Waals surface area contributed by atoms with Crippen LogP contribution in [0.3, 0.4) is 0 Å². The summed E-state index contributed by atoms with van der Waals surface area (Å²) < 4.78 is 27.4. The fraction of sp³-hybridized carbons (Fsp3) is 0.579. The predicted molar refractivity (Wildman–Crippen MR) is 101 cm³/mol. The fourth-order valence-electron chi connectivity index (χ4n) is 3.28. The number of hydrogen-bond acceptors (Lipinski definition) is 5. The van der Waals surface area contributed by atoms with Crippen molar-refractivity contribution in [2.24, 2.45) is 11.1 Å². The van der Waals surface area contributed by atoms with Crippen molar-refractivity contribution in [2.75, 3.05) is 6.61 Å². The number of primary sulfonamides is 1. The highest BCUT2D eigenvalue weighted by atomic mass is 32.2.